The normalized spacial score (nSPS) is 8.00. The average molecular weight is 280 g/mol. The molecule has 0 aliphatic carbocycles. The van der Waals surface area contributed by atoms with Crippen molar-refractivity contribution in [1.29, 1.82) is 0 Å². The van der Waals surface area contributed by atoms with Crippen molar-refractivity contribution < 1.29 is 38.5 Å². The number of ether oxygens (including phenoxy) is 3. The van der Waals surface area contributed by atoms with E-state index in [1.165, 1.54) is 34.6 Å². The van der Waals surface area contributed by atoms with Gasteiger partial charge in [0.25, 0.3) is 0 Å². The number of aliphatic hydroxyl groups excluding tert-OH is 1. The van der Waals surface area contributed by atoms with Crippen molar-refractivity contribution in [2.75, 3.05) is 7.11 Å². The van der Waals surface area contributed by atoms with Gasteiger partial charge in [-0.25, -0.2) is 0 Å². The van der Waals surface area contributed by atoms with Gasteiger partial charge < -0.3 is 19.3 Å². The SMILES string of the molecule is CC(=O)OC(C)=O.CC(=O)OC(C)OC(C)=O.CO. The van der Waals surface area contributed by atoms with Crippen LogP contribution in [0.25, 0.3) is 0 Å². The zero-order chi connectivity index (χ0) is 16.0. The van der Waals surface area contributed by atoms with E-state index in [-0.39, 0.29) is 0 Å². The van der Waals surface area contributed by atoms with Crippen LogP contribution in [0.3, 0.4) is 0 Å². The molecule has 0 unspecified atom stereocenters. The van der Waals surface area contributed by atoms with E-state index < -0.39 is 30.2 Å². The van der Waals surface area contributed by atoms with Gasteiger partial charge in [0.2, 0.25) is 6.29 Å². The predicted molar refractivity (Wildman–Crippen MR) is 63.6 cm³/mol. The highest BCUT2D eigenvalue weighted by atomic mass is 16.7. The number of aliphatic hydroxyl groups is 1. The first kappa shape index (κ1) is 22.2. The molecule has 8 nitrogen and oxygen atoms in total. The third-order valence-electron chi connectivity index (χ3n) is 0.951. The third-order valence-corrected chi connectivity index (χ3v) is 0.951. The Balaban J connectivity index is -0.000000249. The van der Waals surface area contributed by atoms with Gasteiger partial charge >= 0.3 is 23.9 Å². The molecule has 0 rings (SSSR count). The van der Waals surface area contributed by atoms with Crippen LogP contribution in [-0.2, 0) is 33.4 Å². The maximum Gasteiger partial charge on any atom is 0.310 e. The number of carbonyl (C=O) groups excluding carboxylic acids is 4. The molecule has 0 radical (unpaired) electrons. The van der Waals surface area contributed by atoms with E-state index >= 15 is 0 Å². The molecule has 0 aliphatic rings. The van der Waals surface area contributed by atoms with Gasteiger partial charge in [0, 0.05) is 41.7 Å². The second kappa shape index (κ2) is 14.1. The van der Waals surface area contributed by atoms with Crippen molar-refractivity contribution in [3.8, 4) is 0 Å². The number of hydrogen-bond donors (Lipinski definition) is 1. The lowest BCUT2D eigenvalue weighted by Gasteiger charge is -2.10. The maximum absolute atomic E-state index is 10.2. The molecule has 0 atom stereocenters. The van der Waals surface area contributed by atoms with E-state index in [1.807, 2.05) is 0 Å². The fourth-order valence-electron chi connectivity index (χ4n) is 0.694. The molecular weight excluding hydrogens is 260 g/mol. The molecule has 0 bridgehead atoms. The largest absolute Gasteiger partial charge is 0.426 e. The number of esters is 4. The van der Waals surface area contributed by atoms with E-state index in [0.29, 0.717) is 0 Å². The minimum absolute atomic E-state index is 0.464. The van der Waals surface area contributed by atoms with Gasteiger partial charge in [-0.1, -0.05) is 0 Å². The standard InChI is InChI=1S/C6H10O4.C4H6O3.CH4O/c1-4(7)9-6(3)10-5(2)8;1-3(5)7-4(2)6;1-2/h6H,1-3H3;1-2H3;2H,1H3. The minimum Gasteiger partial charge on any atom is -0.426 e. The van der Waals surface area contributed by atoms with Gasteiger partial charge in [-0.05, 0) is 0 Å². The predicted octanol–water partition coefficient (Wildman–Crippen LogP) is 0.163. The molecule has 0 aromatic heterocycles. The Morgan fingerprint density at radius 3 is 1.11 bits per heavy atom. The van der Waals surface area contributed by atoms with Crippen molar-refractivity contribution in [3.63, 3.8) is 0 Å². The summed E-state index contributed by atoms with van der Waals surface area (Å²) >= 11 is 0. The van der Waals surface area contributed by atoms with E-state index in [2.05, 4.69) is 14.2 Å². The van der Waals surface area contributed by atoms with Crippen LogP contribution in [0.2, 0.25) is 0 Å². The second-order valence-electron chi connectivity index (χ2n) is 2.87. The topological polar surface area (TPSA) is 116 Å². The fourth-order valence-corrected chi connectivity index (χ4v) is 0.694. The van der Waals surface area contributed by atoms with Gasteiger partial charge in [-0.2, -0.15) is 0 Å². The minimum atomic E-state index is -0.782. The van der Waals surface area contributed by atoms with Crippen LogP contribution in [-0.4, -0.2) is 42.4 Å². The molecule has 0 fully saturated rings. The van der Waals surface area contributed by atoms with Crippen LogP contribution in [0.4, 0.5) is 0 Å². The lowest BCUT2D eigenvalue weighted by atomic mass is 10.7. The van der Waals surface area contributed by atoms with Crippen LogP contribution in [0.5, 0.6) is 0 Å². The van der Waals surface area contributed by atoms with Crippen LogP contribution >= 0.6 is 0 Å². The Hall–Kier alpha value is -1.96. The molecule has 0 aliphatic heterocycles. The van der Waals surface area contributed by atoms with Crippen molar-refractivity contribution in [2.45, 2.75) is 40.9 Å². The quantitative estimate of drug-likeness (QED) is 0.432. The number of carbonyl (C=O) groups is 4. The van der Waals surface area contributed by atoms with Crippen LogP contribution in [0.15, 0.2) is 0 Å². The van der Waals surface area contributed by atoms with Gasteiger partial charge in [-0.3, -0.25) is 19.2 Å². The summed E-state index contributed by atoms with van der Waals surface area (Å²) < 4.78 is 12.9. The molecule has 19 heavy (non-hydrogen) atoms. The Labute approximate surface area is 111 Å². The highest BCUT2D eigenvalue weighted by molar-refractivity contribution is 5.82. The molecule has 8 heteroatoms. The third kappa shape index (κ3) is 31.4. The highest BCUT2D eigenvalue weighted by Crippen LogP contribution is 1.93. The van der Waals surface area contributed by atoms with Crippen LogP contribution < -0.4 is 0 Å². The number of rotatable bonds is 2. The van der Waals surface area contributed by atoms with E-state index in [0.717, 1.165) is 7.11 Å². The molecule has 0 amide bonds. The Morgan fingerprint density at radius 1 is 0.737 bits per heavy atom. The Bertz CT molecular complexity index is 269. The summed E-state index contributed by atoms with van der Waals surface area (Å²) in [4.78, 5) is 40.1. The molecule has 0 saturated heterocycles. The van der Waals surface area contributed by atoms with Crippen molar-refractivity contribution >= 4 is 23.9 Å². The lowest BCUT2D eigenvalue weighted by molar-refractivity contribution is -0.181. The van der Waals surface area contributed by atoms with Crippen molar-refractivity contribution in [3.05, 3.63) is 0 Å². The maximum atomic E-state index is 10.2. The monoisotopic (exact) mass is 280 g/mol. The molecule has 0 heterocycles. The van der Waals surface area contributed by atoms with E-state index in [4.69, 9.17) is 5.11 Å². The van der Waals surface area contributed by atoms with Crippen molar-refractivity contribution in [2.24, 2.45) is 0 Å². The molecular formula is C11H20O8. The summed E-state index contributed by atoms with van der Waals surface area (Å²) in [5.41, 5.74) is 0. The summed E-state index contributed by atoms with van der Waals surface area (Å²) in [5.74, 6) is -2.05. The summed E-state index contributed by atoms with van der Waals surface area (Å²) in [6.07, 6.45) is -0.782. The van der Waals surface area contributed by atoms with Gasteiger partial charge in [0.1, 0.15) is 0 Å². The first-order valence-corrected chi connectivity index (χ1v) is 5.13. The summed E-state index contributed by atoms with van der Waals surface area (Å²) in [7, 11) is 1.00. The molecule has 0 spiro atoms. The molecule has 0 aromatic carbocycles. The van der Waals surface area contributed by atoms with Crippen LogP contribution in [0, 0.1) is 0 Å². The highest BCUT2D eigenvalue weighted by Gasteiger charge is 2.06. The second-order valence-corrected chi connectivity index (χ2v) is 2.87. The zero-order valence-electron chi connectivity index (χ0n) is 11.9. The fraction of sp³-hybridized carbons (Fsp3) is 0.636. The zero-order valence-corrected chi connectivity index (χ0v) is 11.9. The van der Waals surface area contributed by atoms with Gasteiger partial charge in [0.05, 0.1) is 0 Å². The van der Waals surface area contributed by atoms with Gasteiger partial charge in [0.15, 0.2) is 0 Å². The summed E-state index contributed by atoms with van der Waals surface area (Å²) in [6.45, 7) is 6.34. The van der Waals surface area contributed by atoms with E-state index in [9.17, 15) is 19.2 Å². The van der Waals surface area contributed by atoms with Gasteiger partial charge in [-0.15, -0.1) is 0 Å². The molecule has 0 aromatic rings. The Morgan fingerprint density at radius 2 is 1.00 bits per heavy atom. The lowest BCUT2D eigenvalue weighted by Crippen LogP contribution is -2.18. The Kier molecular flexibility index (Phi) is 16.5. The van der Waals surface area contributed by atoms with Crippen molar-refractivity contribution in [1.82, 2.24) is 0 Å². The first-order chi connectivity index (χ1) is 8.65. The molecule has 0 saturated carbocycles. The molecule has 112 valence electrons. The number of hydrogen-bond acceptors (Lipinski definition) is 8. The summed E-state index contributed by atoms with van der Waals surface area (Å²) in [6, 6.07) is 0. The summed E-state index contributed by atoms with van der Waals surface area (Å²) in [5, 5.41) is 7.00. The van der Waals surface area contributed by atoms with Crippen LogP contribution in [0.1, 0.15) is 34.6 Å². The average Bonchev–Trinajstić information content (AvgIpc) is 2.16. The smallest absolute Gasteiger partial charge is 0.310 e. The molecule has 1 N–H and O–H groups in total. The van der Waals surface area contributed by atoms with E-state index in [1.54, 1.807) is 0 Å². The first-order valence-electron chi connectivity index (χ1n) is 5.13.